The second kappa shape index (κ2) is 5.57. The average Bonchev–Trinajstić information content (AvgIpc) is 2.69. The van der Waals surface area contributed by atoms with Gasteiger partial charge < -0.3 is 5.32 Å². The van der Waals surface area contributed by atoms with Crippen LogP contribution < -0.4 is 5.32 Å². The molecule has 1 aromatic rings. The lowest BCUT2D eigenvalue weighted by atomic mass is 10.1. The van der Waals surface area contributed by atoms with Crippen molar-refractivity contribution in [2.45, 2.75) is 19.4 Å². The van der Waals surface area contributed by atoms with E-state index in [9.17, 15) is 13.2 Å². The Morgan fingerprint density at radius 1 is 1.32 bits per heavy atom. The van der Waals surface area contributed by atoms with Crippen LogP contribution in [0.1, 0.15) is 18.9 Å². The highest BCUT2D eigenvalue weighted by atomic mass is 32.2. The number of allylic oxidation sites excluding steroid dienone is 1. The van der Waals surface area contributed by atoms with Crippen molar-refractivity contribution >= 4 is 21.3 Å². The van der Waals surface area contributed by atoms with Crippen molar-refractivity contribution in [3.8, 4) is 0 Å². The van der Waals surface area contributed by atoms with Crippen LogP contribution in [0, 0.1) is 0 Å². The lowest BCUT2D eigenvalue weighted by Crippen LogP contribution is -2.34. The van der Waals surface area contributed by atoms with Gasteiger partial charge in [-0.3, -0.25) is 4.79 Å². The third kappa shape index (κ3) is 3.92. The minimum Gasteiger partial charge on any atom is -0.349 e. The van der Waals surface area contributed by atoms with Crippen LogP contribution in [0.25, 0.3) is 5.57 Å². The number of rotatable bonds is 3. The third-order valence-corrected chi connectivity index (χ3v) is 4.92. The molecule has 0 aliphatic carbocycles. The van der Waals surface area contributed by atoms with Crippen LogP contribution in [-0.4, -0.2) is 31.9 Å². The molecule has 0 spiro atoms. The first-order valence-corrected chi connectivity index (χ1v) is 8.03. The van der Waals surface area contributed by atoms with Crippen molar-refractivity contribution in [3.05, 3.63) is 42.0 Å². The topological polar surface area (TPSA) is 63.2 Å². The summed E-state index contributed by atoms with van der Waals surface area (Å²) in [4.78, 5) is 11.8. The summed E-state index contributed by atoms with van der Waals surface area (Å²) in [6.45, 7) is 1.86. The summed E-state index contributed by atoms with van der Waals surface area (Å²) in [7, 11) is -2.96. The molecule has 102 valence electrons. The van der Waals surface area contributed by atoms with Crippen LogP contribution in [0.3, 0.4) is 0 Å². The average molecular weight is 279 g/mol. The molecular formula is C14H17NO3S. The lowest BCUT2D eigenvalue weighted by Gasteiger charge is -2.09. The number of hydrogen-bond donors (Lipinski definition) is 1. The zero-order chi connectivity index (χ0) is 13.9. The quantitative estimate of drug-likeness (QED) is 0.851. The maximum Gasteiger partial charge on any atom is 0.244 e. The normalized spacial score (nSPS) is 22.2. The molecule has 1 fully saturated rings. The zero-order valence-corrected chi connectivity index (χ0v) is 11.6. The summed E-state index contributed by atoms with van der Waals surface area (Å²) in [6.07, 6.45) is 2.02. The van der Waals surface area contributed by atoms with Crippen LogP contribution in [0.5, 0.6) is 0 Å². The number of benzene rings is 1. The monoisotopic (exact) mass is 279 g/mol. The van der Waals surface area contributed by atoms with Crippen molar-refractivity contribution in [2.24, 2.45) is 0 Å². The second-order valence-corrected chi connectivity index (χ2v) is 7.03. The van der Waals surface area contributed by atoms with Crippen molar-refractivity contribution in [2.75, 3.05) is 11.5 Å². The van der Waals surface area contributed by atoms with Gasteiger partial charge in [-0.05, 0) is 24.5 Å². The number of sulfone groups is 1. The van der Waals surface area contributed by atoms with E-state index in [1.54, 1.807) is 0 Å². The van der Waals surface area contributed by atoms with Crippen molar-refractivity contribution < 1.29 is 13.2 Å². The van der Waals surface area contributed by atoms with Gasteiger partial charge in [-0.25, -0.2) is 8.42 Å². The molecule has 5 heteroatoms. The summed E-state index contributed by atoms with van der Waals surface area (Å²) in [5, 5.41) is 2.74. The zero-order valence-electron chi connectivity index (χ0n) is 10.8. The molecule has 1 aliphatic rings. The van der Waals surface area contributed by atoms with Crippen LogP contribution >= 0.6 is 0 Å². The van der Waals surface area contributed by atoms with Gasteiger partial charge in [0, 0.05) is 12.1 Å². The fourth-order valence-electron chi connectivity index (χ4n) is 2.13. The molecular weight excluding hydrogens is 262 g/mol. The van der Waals surface area contributed by atoms with Gasteiger partial charge in [-0.1, -0.05) is 30.3 Å². The Morgan fingerprint density at radius 3 is 2.58 bits per heavy atom. The predicted molar refractivity (Wildman–Crippen MR) is 75.3 cm³/mol. The fraction of sp³-hybridized carbons (Fsp3) is 0.357. The molecule has 1 heterocycles. The molecule has 0 bridgehead atoms. The Hall–Kier alpha value is -1.62. The van der Waals surface area contributed by atoms with Gasteiger partial charge in [0.1, 0.15) is 0 Å². The first-order valence-electron chi connectivity index (χ1n) is 6.21. The molecule has 19 heavy (non-hydrogen) atoms. The van der Waals surface area contributed by atoms with Crippen LogP contribution in [0.15, 0.2) is 36.4 Å². The van der Waals surface area contributed by atoms with Gasteiger partial charge in [-0.15, -0.1) is 0 Å². The van der Waals surface area contributed by atoms with E-state index in [1.165, 1.54) is 6.08 Å². The Kier molecular flexibility index (Phi) is 4.04. The van der Waals surface area contributed by atoms with E-state index < -0.39 is 9.84 Å². The van der Waals surface area contributed by atoms with Crippen LogP contribution in [0.2, 0.25) is 0 Å². The molecule has 2 rings (SSSR count). The summed E-state index contributed by atoms with van der Waals surface area (Å²) in [5.41, 5.74) is 1.84. The first-order chi connectivity index (χ1) is 8.96. The molecule has 1 N–H and O–H groups in total. The summed E-state index contributed by atoms with van der Waals surface area (Å²) < 4.78 is 22.6. The van der Waals surface area contributed by atoms with Crippen LogP contribution in [0.4, 0.5) is 0 Å². The van der Waals surface area contributed by atoms with E-state index in [2.05, 4.69) is 5.32 Å². The van der Waals surface area contributed by atoms with Crippen molar-refractivity contribution in [1.82, 2.24) is 5.32 Å². The number of hydrogen-bond acceptors (Lipinski definition) is 3. The summed E-state index contributed by atoms with van der Waals surface area (Å²) in [6, 6.07) is 9.35. The smallest absolute Gasteiger partial charge is 0.244 e. The molecule has 1 unspecified atom stereocenters. The number of carbonyl (C=O) groups is 1. The first kappa shape index (κ1) is 13.8. The molecule has 0 aromatic heterocycles. The highest BCUT2D eigenvalue weighted by Crippen LogP contribution is 2.14. The van der Waals surface area contributed by atoms with Crippen LogP contribution in [-0.2, 0) is 14.6 Å². The molecule has 4 nitrogen and oxygen atoms in total. The molecule has 0 radical (unpaired) electrons. The highest BCUT2D eigenvalue weighted by Gasteiger charge is 2.28. The fourth-order valence-corrected chi connectivity index (χ4v) is 3.81. The SMILES string of the molecule is C/C(=C\C(=O)NC1CCS(=O)(=O)C1)c1ccccc1. The van der Waals surface area contributed by atoms with E-state index in [4.69, 9.17) is 0 Å². The van der Waals surface area contributed by atoms with Crippen molar-refractivity contribution in [3.63, 3.8) is 0 Å². The Balaban J connectivity index is 1.98. The van der Waals surface area contributed by atoms with Gasteiger partial charge in [-0.2, -0.15) is 0 Å². The lowest BCUT2D eigenvalue weighted by molar-refractivity contribution is -0.116. The molecule has 0 saturated carbocycles. The Morgan fingerprint density at radius 2 is 2.00 bits per heavy atom. The number of nitrogens with one attached hydrogen (secondary N) is 1. The molecule has 1 saturated heterocycles. The Bertz CT molecular complexity index is 590. The number of amides is 1. The van der Waals surface area contributed by atoms with Gasteiger partial charge in [0.2, 0.25) is 5.91 Å². The standard InChI is InChI=1S/C14H17NO3S/c1-11(12-5-3-2-4-6-12)9-14(16)15-13-7-8-19(17,18)10-13/h2-6,9,13H,7-8,10H2,1H3,(H,15,16)/b11-9+. The summed E-state index contributed by atoms with van der Waals surface area (Å²) >= 11 is 0. The molecule has 1 aliphatic heterocycles. The number of carbonyl (C=O) groups excluding carboxylic acids is 1. The summed E-state index contributed by atoms with van der Waals surface area (Å²) in [5.74, 6) is -0.0144. The molecule has 1 aromatic carbocycles. The maximum atomic E-state index is 11.8. The highest BCUT2D eigenvalue weighted by molar-refractivity contribution is 7.91. The van der Waals surface area contributed by atoms with Gasteiger partial charge in [0.15, 0.2) is 9.84 Å². The van der Waals surface area contributed by atoms with E-state index in [0.717, 1.165) is 11.1 Å². The van der Waals surface area contributed by atoms with E-state index in [0.29, 0.717) is 6.42 Å². The van der Waals surface area contributed by atoms with E-state index in [-0.39, 0.29) is 23.5 Å². The minimum atomic E-state index is -2.96. The molecule has 1 amide bonds. The largest absolute Gasteiger partial charge is 0.349 e. The second-order valence-electron chi connectivity index (χ2n) is 4.80. The maximum absolute atomic E-state index is 11.8. The van der Waals surface area contributed by atoms with E-state index >= 15 is 0 Å². The minimum absolute atomic E-state index is 0.0525. The van der Waals surface area contributed by atoms with Gasteiger partial charge >= 0.3 is 0 Å². The van der Waals surface area contributed by atoms with E-state index in [1.807, 2.05) is 37.3 Å². The Labute approximate surface area is 113 Å². The third-order valence-electron chi connectivity index (χ3n) is 3.16. The van der Waals surface area contributed by atoms with Gasteiger partial charge in [0.25, 0.3) is 0 Å². The van der Waals surface area contributed by atoms with Gasteiger partial charge in [0.05, 0.1) is 11.5 Å². The molecule has 1 atom stereocenters. The van der Waals surface area contributed by atoms with Crippen molar-refractivity contribution in [1.29, 1.82) is 0 Å². The predicted octanol–water partition coefficient (Wildman–Crippen LogP) is 1.39.